The van der Waals surface area contributed by atoms with Crippen molar-refractivity contribution in [3.05, 3.63) is 181 Å². The van der Waals surface area contributed by atoms with Crippen molar-refractivity contribution in [2.75, 3.05) is 9.80 Å². The molecule has 0 bridgehead atoms. The van der Waals surface area contributed by atoms with Crippen LogP contribution in [-0.2, 0) is 10.8 Å². The van der Waals surface area contributed by atoms with Crippen molar-refractivity contribution >= 4 is 99.5 Å². The van der Waals surface area contributed by atoms with Crippen LogP contribution in [0.1, 0.15) is 49.9 Å². The quantitative estimate of drug-likeness (QED) is 0.174. The SMILES string of the molecule is CC1(C)c2cc3ccccc3cc2N(c2cccnc2)c2ccc3c(oc4cc5c(cc43)oc3c4c(ccc35)N(c3cccnc3)c3cc5ccccc5cc3C4(C)C)c21. The molecule has 60 heavy (non-hydrogen) atoms. The topological polar surface area (TPSA) is 58.5 Å². The summed E-state index contributed by atoms with van der Waals surface area (Å²) >= 11 is 0. The van der Waals surface area contributed by atoms with Crippen LogP contribution in [0.2, 0.25) is 0 Å². The molecule has 7 aromatic carbocycles. The Bertz CT molecular complexity index is 3380. The van der Waals surface area contributed by atoms with Gasteiger partial charge in [0.25, 0.3) is 0 Å². The zero-order valence-electron chi connectivity index (χ0n) is 33.6. The summed E-state index contributed by atoms with van der Waals surface area (Å²) in [7, 11) is 0. The summed E-state index contributed by atoms with van der Waals surface area (Å²) in [6.45, 7) is 9.30. The molecule has 4 aromatic heterocycles. The van der Waals surface area contributed by atoms with Crippen LogP contribution in [0.4, 0.5) is 34.1 Å². The smallest absolute Gasteiger partial charge is 0.141 e. The van der Waals surface area contributed by atoms with Crippen molar-refractivity contribution in [2.24, 2.45) is 0 Å². The van der Waals surface area contributed by atoms with Crippen LogP contribution >= 0.6 is 0 Å². The van der Waals surface area contributed by atoms with Gasteiger partial charge in [-0.1, -0.05) is 76.2 Å². The summed E-state index contributed by atoms with van der Waals surface area (Å²) in [5.74, 6) is 0. The van der Waals surface area contributed by atoms with Crippen molar-refractivity contribution < 1.29 is 8.83 Å². The second-order valence-electron chi connectivity index (χ2n) is 17.5. The lowest BCUT2D eigenvalue weighted by molar-refractivity contribution is 0.601. The first kappa shape index (κ1) is 33.5. The van der Waals surface area contributed by atoms with E-state index in [1.165, 1.54) is 32.7 Å². The fourth-order valence-electron chi connectivity index (χ4n) is 10.6. The molecule has 0 N–H and O–H groups in total. The van der Waals surface area contributed by atoms with Crippen LogP contribution in [0.5, 0.6) is 0 Å². The van der Waals surface area contributed by atoms with Crippen LogP contribution in [0, 0.1) is 0 Å². The average molecular weight is 775 g/mol. The number of rotatable bonds is 2. The van der Waals surface area contributed by atoms with Crippen LogP contribution in [0.25, 0.3) is 65.4 Å². The number of pyridine rings is 2. The molecule has 6 nitrogen and oxygen atoms in total. The molecule has 0 spiro atoms. The molecule has 0 saturated carbocycles. The van der Waals surface area contributed by atoms with Gasteiger partial charge in [0, 0.05) is 55.9 Å². The Morgan fingerprint density at radius 3 is 1.23 bits per heavy atom. The maximum Gasteiger partial charge on any atom is 0.141 e. The first-order chi connectivity index (χ1) is 29.3. The number of hydrogen-bond acceptors (Lipinski definition) is 6. The van der Waals surface area contributed by atoms with Crippen molar-refractivity contribution in [3.8, 4) is 0 Å². The zero-order valence-corrected chi connectivity index (χ0v) is 33.6. The number of anilines is 6. The van der Waals surface area contributed by atoms with Gasteiger partial charge in [-0.05, 0) is 118 Å². The molecule has 0 fully saturated rings. The summed E-state index contributed by atoms with van der Waals surface area (Å²) in [6.07, 6.45) is 7.55. The fourth-order valence-corrected chi connectivity index (χ4v) is 10.6. The molecule has 2 aliphatic heterocycles. The maximum atomic E-state index is 7.12. The van der Waals surface area contributed by atoms with Gasteiger partial charge in [0.2, 0.25) is 0 Å². The predicted octanol–water partition coefficient (Wildman–Crippen LogP) is 14.8. The minimum atomic E-state index is -0.376. The van der Waals surface area contributed by atoms with Crippen LogP contribution in [0.15, 0.2) is 167 Å². The Hall–Kier alpha value is -7.44. The normalized spacial score (nSPS) is 15.2. The second-order valence-corrected chi connectivity index (χ2v) is 17.5. The van der Waals surface area contributed by atoms with Crippen molar-refractivity contribution in [1.29, 1.82) is 0 Å². The van der Waals surface area contributed by atoms with E-state index in [4.69, 9.17) is 8.83 Å². The Morgan fingerprint density at radius 2 is 0.833 bits per heavy atom. The molecule has 2 aliphatic rings. The molecule has 6 heteroatoms. The van der Waals surface area contributed by atoms with E-state index in [1.807, 2.05) is 36.9 Å². The minimum absolute atomic E-state index is 0.376. The molecule has 0 aliphatic carbocycles. The Labute approximate surface area is 345 Å². The molecule has 0 saturated heterocycles. The lowest BCUT2D eigenvalue weighted by Gasteiger charge is -2.42. The van der Waals surface area contributed by atoms with E-state index in [0.29, 0.717) is 0 Å². The molecule has 286 valence electrons. The fraction of sp³-hybridized carbons (Fsp3) is 0.111. The zero-order chi connectivity index (χ0) is 40.1. The number of furan rings is 2. The molecular formula is C54H38N4O2. The molecule has 0 atom stereocenters. The highest BCUT2D eigenvalue weighted by molar-refractivity contribution is 6.17. The van der Waals surface area contributed by atoms with Crippen LogP contribution in [0.3, 0.4) is 0 Å². The van der Waals surface area contributed by atoms with Crippen molar-refractivity contribution in [3.63, 3.8) is 0 Å². The van der Waals surface area contributed by atoms with E-state index >= 15 is 0 Å². The summed E-state index contributed by atoms with van der Waals surface area (Å²) in [4.78, 5) is 13.8. The Kier molecular flexibility index (Phi) is 6.49. The Balaban J connectivity index is 1.05. The summed E-state index contributed by atoms with van der Waals surface area (Å²) < 4.78 is 14.2. The predicted molar refractivity (Wildman–Crippen MR) is 245 cm³/mol. The van der Waals surface area contributed by atoms with Gasteiger partial charge in [-0.15, -0.1) is 0 Å². The van der Waals surface area contributed by atoms with Gasteiger partial charge in [-0.25, -0.2) is 0 Å². The molecule has 6 heterocycles. The summed E-state index contributed by atoms with van der Waals surface area (Å²) in [5, 5.41) is 9.05. The highest BCUT2D eigenvalue weighted by Gasteiger charge is 2.42. The third-order valence-corrected chi connectivity index (χ3v) is 13.5. The van der Waals surface area contributed by atoms with Crippen LogP contribution < -0.4 is 9.80 Å². The Morgan fingerprint density at radius 1 is 0.417 bits per heavy atom. The average Bonchev–Trinajstić information content (AvgIpc) is 3.82. The monoisotopic (exact) mass is 774 g/mol. The third kappa shape index (κ3) is 4.37. The minimum Gasteiger partial charge on any atom is -0.456 e. The number of fused-ring (bicyclic) bond motifs is 14. The van der Waals surface area contributed by atoms with Gasteiger partial charge in [0.1, 0.15) is 22.3 Å². The highest BCUT2D eigenvalue weighted by Crippen LogP contribution is 2.58. The number of hydrogen-bond donors (Lipinski definition) is 0. The first-order valence-electron chi connectivity index (χ1n) is 20.6. The first-order valence-corrected chi connectivity index (χ1v) is 20.6. The van der Waals surface area contributed by atoms with E-state index < -0.39 is 0 Å². The highest BCUT2D eigenvalue weighted by atomic mass is 16.3. The molecule has 0 unspecified atom stereocenters. The van der Waals surface area contributed by atoms with Gasteiger partial charge in [-0.3, -0.25) is 9.97 Å². The van der Waals surface area contributed by atoms with Gasteiger partial charge >= 0.3 is 0 Å². The standard InChI is InChI=1S/C54H38N4O2/c1-53(2)41-23-31-11-5-7-13-33(31)25-45(41)57(35-15-9-21-55-29-35)43-19-17-37-39-27-48-40(28-47(39)59-51(37)49(43)53)38-18-20-44-50(52(38)60-48)54(3,4)42-24-32-12-6-8-14-34(32)26-46(42)58(44)36-16-10-22-56-30-36/h5-30H,1-4H3. The number of benzene rings is 7. The van der Waals surface area contributed by atoms with Gasteiger partial charge in [0.05, 0.1) is 46.5 Å². The van der Waals surface area contributed by atoms with Gasteiger partial charge in [0.15, 0.2) is 0 Å². The molecule has 13 rings (SSSR count). The largest absolute Gasteiger partial charge is 0.456 e. The van der Waals surface area contributed by atoms with E-state index in [-0.39, 0.29) is 10.8 Å². The van der Waals surface area contributed by atoms with Crippen molar-refractivity contribution in [1.82, 2.24) is 9.97 Å². The molecular weight excluding hydrogens is 737 g/mol. The van der Waals surface area contributed by atoms with Gasteiger partial charge < -0.3 is 18.6 Å². The van der Waals surface area contributed by atoms with Crippen LogP contribution in [-0.4, -0.2) is 9.97 Å². The maximum absolute atomic E-state index is 7.12. The number of nitrogens with zero attached hydrogens (tertiary/aromatic N) is 4. The number of aromatic nitrogens is 2. The van der Waals surface area contributed by atoms with E-state index in [1.54, 1.807) is 0 Å². The summed E-state index contributed by atoms with van der Waals surface area (Å²) in [5.41, 5.74) is 14.0. The van der Waals surface area contributed by atoms with E-state index in [0.717, 1.165) is 89.1 Å². The van der Waals surface area contributed by atoms with Crippen molar-refractivity contribution in [2.45, 2.75) is 38.5 Å². The molecule has 11 aromatic rings. The van der Waals surface area contributed by atoms with E-state index in [9.17, 15) is 0 Å². The third-order valence-electron chi connectivity index (χ3n) is 13.5. The molecule has 0 amide bonds. The molecule has 0 radical (unpaired) electrons. The second kappa shape index (κ2) is 11.6. The summed E-state index contributed by atoms with van der Waals surface area (Å²) in [6, 6.07) is 48.2. The van der Waals surface area contributed by atoms with E-state index in [2.05, 4.69) is 169 Å². The lowest BCUT2D eigenvalue weighted by atomic mass is 9.72. The lowest BCUT2D eigenvalue weighted by Crippen LogP contribution is -2.31. The van der Waals surface area contributed by atoms with Gasteiger partial charge in [-0.2, -0.15) is 0 Å².